The molecule has 0 bridgehead atoms. The fourth-order valence-corrected chi connectivity index (χ4v) is 5.28. The average molecular weight is 374 g/mol. The fourth-order valence-electron chi connectivity index (χ4n) is 3.07. The molecular formula is C13H18N4O5S2. The summed E-state index contributed by atoms with van der Waals surface area (Å²) in [7, 11) is -3.18. The van der Waals surface area contributed by atoms with E-state index in [1.54, 1.807) is 11.6 Å². The van der Waals surface area contributed by atoms with Crippen LogP contribution in [-0.2, 0) is 14.6 Å². The molecule has 0 amide bonds. The molecule has 0 radical (unpaired) electrons. The summed E-state index contributed by atoms with van der Waals surface area (Å²) in [5.74, 6) is 0.0610. The SMILES string of the molecule is CS(=O)(=O)CC1(CNc2nc3sccn3c2[N+](=O)[O-])CCOCC1. The van der Waals surface area contributed by atoms with Gasteiger partial charge in [0.05, 0.1) is 5.75 Å². The molecule has 2 aromatic rings. The second-order valence-corrected chi connectivity index (χ2v) is 9.15. The first kappa shape index (κ1) is 17.1. The normalized spacial score (nSPS) is 17.9. The summed E-state index contributed by atoms with van der Waals surface area (Å²) in [5, 5.41) is 16.1. The Hall–Kier alpha value is -1.72. The molecule has 0 atom stereocenters. The summed E-state index contributed by atoms with van der Waals surface area (Å²) in [6, 6.07) is 0. The van der Waals surface area contributed by atoms with Crippen molar-refractivity contribution >= 4 is 37.8 Å². The summed E-state index contributed by atoms with van der Waals surface area (Å²) in [6.45, 7) is 1.27. The van der Waals surface area contributed by atoms with Crippen molar-refractivity contribution in [3.63, 3.8) is 0 Å². The largest absolute Gasteiger partial charge is 0.381 e. The molecule has 3 heterocycles. The smallest absolute Gasteiger partial charge is 0.372 e. The summed E-state index contributed by atoms with van der Waals surface area (Å²) >= 11 is 1.30. The molecule has 0 saturated carbocycles. The Morgan fingerprint density at radius 2 is 2.21 bits per heavy atom. The minimum atomic E-state index is -3.18. The van der Waals surface area contributed by atoms with Crippen LogP contribution in [0.4, 0.5) is 11.6 Å². The topological polar surface area (TPSA) is 116 Å². The van der Waals surface area contributed by atoms with E-state index in [2.05, 4.69) is 10.3 Å². The van der Waals surface area contributed by atoms with Crippen LogP contribution in [0.1, 0.15) is 12.8 Å². The zero-order valence-electron chi connectivity index (χ0n) is 13.1. The van der Waals surface area contributed by atoms with Crippen molar-refractivity contribution in [2.24, 2.45) is 5.41 Å². The van der Waals surface area contributed by atoms with E-state index in [1.807, 2.05) is 0 Å². The number of thiazole rings is 1. The van der Waals surface area contributed by atoms with Crippen molar-refractivity contribution in [2.45, 2.75) is 12.8 Å². The predicted molar refractivity (Wildman–Crippen MR) is 90.4 cm³/mol. The lowest BCUT2D eigenvalue weighted by Crippen LogP contribution is -2.41. The third kappa shape index (κ3) is 3.52. The van der Waals surface area contributed by atoms with Gasteiger partial charge in [-0.2, -0.15) is 9.38 Å². The van der Waals surface area contributed by atoms with Crippen molar-refractivity contribution in [2.75, 3.05) is 37.1 Å². The highest BCUT2D eigenvalue weighted by atomic mass is 32.2. The third-order valence-electron chi connectivity index (χ3n) is 4.16. The minimum absolute atomic E-state index is 0.0202. The number of sulfone groups is 1. The lowest BCUT2D eigenvalue weighted by molar-refractivity contribution is -0.389. The summed E-state index contributed by atoms with van der Waals surface area (Å²) in [4.78, 5) is 15.6. The number of hydrogen-bond donors (Lipinski definition) is 1. The van der Waals surface area contributed by atoms with E-state index in [4.69, 9.17) is 4.74 Å². The molecule has 1 aliphatic heterocycles. The molecule has 0 aromatic carbocycles. The zero-order valence-corrected chi connectivity index (χ0v) is 14.7. The van der Waals surface area contributed by atoms with E-state index in [0.29, 0.717) is 37.6 Å². The Morgan fingerprint density at radius 3 is 2.83 bits per heavy atom. The van der Waals surface area contributed by atoms with Crippen LogP contribution in [0.25, 0.3) is 4.96 Å². The highest BCUT2D eigenvalue weighted by Gasteiger charge is 2.37. The van der Waals surface area contributed by atoms with Crippen LogP contribution in [-0.4, -0.2) is 54.5 Å². The zero-order chi connectivity index (χ0) is 17.4. The number of rotatable bonds is 6. The molecule has 1 aliphatic rings. The lowest BCUT2D eigenvalue weighted by Gasteiger charge is -2.36. The second-order valence-electron chi connectivity index (χ2n) is 6.13. The standard InChI is InChI=1S/C13H18N4O5S2/c1-24(20,21)9-13(2-5-22-6-3-13)8-14-10-11(17(18)19)16-4-7-23-12(16)15-10/h4,7,14H,2-3,5-6,8-9H2,1H3. The van der Waals surface area contributed by atoms with Gasteiger partial charge in [0.2, 0.25) is 5.82 Å². The van der Waals surface area contributed by atoms with Crippen molar-refractivity contribution in [1.82, 2.24) is 9.38 Å². The number of ether oxygens (including phenoxy) is 1. The average Bonchev–Trinajstić information content (AvgIpc) is 3.03. The fraction of sp³-hybridized carbons (Fsp3) is 0.615. The first-order chi connectivity index (χ1) is 11.3. The van der Waals surface area contributed by atoms with Crippen LogP contribution in [0.15, 0.2) is 11.6 Å². The Labute approximate surface area is 142 Å². The summed E-state index contributed by atoms with van der Waals surface area (Å²) in [5.41, 5.74) is -0.503. The van der Waals surface area contributed by atoms with Gasteiger partial charge in [-0.3, -0.25) is 0 Å². The number of anilines is 1. The molecule has 9 nitrogen and oxygen atoms in total. The monoisotopic (exact) mass is 374 g/mol. The summed E-state index contributed by atoms with van der Waals surface area (Å²) < 4.78 is 30.3. The first-order valence-corrected chi connectivity index (χ1v) is 10.3. The molecule has 3 rings (SSSR count). The number of aromatic nitrogens is 2. The van der Waals surface area contributed by atoms with Crippen molar-refractivity contribution in [1.29, 1.82) is 0 Å². The van der Waals surface area contributed by atoms with Crippen LogP contribution < -0.4 is 5.32 Å². The van der Waals surface area contributed by atoms with Crippen LogP contribution >= 0.6 is 11.3 Å². The second kappa shape index (κ2) is 6.30. The molecule has 0 unspecified atom stereocenters. The molecule has 2 aromatic heterocycles. The summed E-state index contributed by atoms with van der Waals surface area (Å²) in [6.07, 6.45) is 3.97. The molecule has 1 N–H and O–H groups in total. The number of nitrogens with one attached hydrogen (secondary N) is 1. The van der Waals surface area contributed by atoms with Crippen LogP contribution in [0, 0.1) is 15.5 Å². The predicted octanol–water partition coefficient (Wildman–Crippen LogP) is 1.56. The number of nitro groups is 1. The number of imidazole rings is 1. The molecule has 1 saturated heterocycles. The van der Waals surface area contributed by atoms with Crippen LogP contribution in [0.3, 0.4) is 0 Å². The molecule has 11 heteroatoms. The Kier molecular flexibility index (Phi) is 4.49. The molecular weight excluding hydrogens is 356 g/mol. The van der Waals surface area contributed by atoms with Gasteiger partial charge in [-0.1, -0.05) is 11.3 Å². The first-order valence-electron chi connectivity index (χ1n) is 7.39. The molecule has 24 heavy (non-hydrogen) atoms. The van der Waals surface area contributed by atoms with E-state index in [1.165, 1.54) is 22.0 Å². The Morgan fingerprint density at radius 1 is 1.50 bits per heavy atom. The molecule has 0 aliphatic carbocycles. The van der Waals surface area contributed by atoms with Crippen molar-refractivity contribution < 1.29 is 18.1 Å². The van der Waals surface area contributed by atoms with Crippen LogP contribution in [0.2, 0.25) is 0 Å². The Bertz CT molecular complexity index is 851. The van der Waals surface area contributed by atoms with Gasteiger partial charge in [0.15, 0.2) is 0 Å². The highest BCUT2D eigenvalue weighted by Crippen LogP contribution is 2.34. The van der Waals surface area contributed by atoms with Crippen molar-refractivity contribution in [3.8, 4) is 0 Å². The quantitative estimate of drug-likeness (QED) is 0.602. The van der Waals surface area contributed by atoms with Gasteiger partial charge in [0, 0.05) is 36.8 Å². The van der Waals surface area contributed by atoms with Gasteiger partial charge in [-0.15, -0.1) is 0 Å². The molecule has 1 fully saturated rings. The third-order valence-corrected chi connectivity index (χ3v) is 6.06. The van der Waals surface area contributed by atoms with Gasteiger partial charge >= 0.3 is 5.82 Å². The maximum atomic E-state index is 11.8. The van der Waals surface area contributed by atoms with Gasteiger partial charge < -0.3 is 20.2 Å². The van der Waals surface area contributed by atoms with Gasteiger partial charge in [-0.05, 0) is 17.8 Å². The van der Waals surface area contributed by atoms with Gasteiger partial charge in [0.25, 0.3) is 4.96 Å². The highest BCUT2D eigenvalue weighted by molar-refractivity contribution is 7.90. The Balaban J connectivity index is 1.86. The van der Waals surface area contributed by atoms with E-state index < -0.39 is 20.2 Å². The maximum absolute atomic E-state index is 11.8. The van der Waals surface area contributed by atoms with E-state index in [0.717, 1.165) is 0 Å². The van der Waals surface area contributed by atoms with Crippen molar-refractivity contribution in [3.05, 3.63) is 21.7 Å². The van der Waals surface area contributed by atoms with Gasteiger partial charge in [-0.25, -0.2) is 8.42 Å². The molecule has 132 valence electrons. The number of hydrogen-bond acceptors (Lipinski definition) is 8. The van der Waals surface area contributed by atoms with E-state index in [9.17, 15) is 18.5 Å². The minimum Gasteiger partial charge on any atom is -0.381 e. The molecule has 0 spiro atoms. The lowest BCUT2D eigenvalue weighted by atomic mass is 9.82. The van der Waals surface area contributed by atoms with Gasteiger partial charge in [0.1, 0.15) is 16.0 Å². The maximum Gasteiger partial charge on any atom is 0.372 e. The van der Waals surface area contributed by atoms with E-state index >= 15 is 0 Å². The number of fused-ring (bicyclic) bond motifs is 1. The van der Waals surface area contributed by atoms with E-state index in [-0.39, 0.29) is 17.4 Å². The number of nitrogens with zero attached hydrogens (tertiary/aromatic N) is 3. The van der Waals surface area contributed by atoms with Crippen LogP contribution in [0.5, 0.6) is 0 Å².